The minimum Gasteiger partial charge on any atom is -0.756 e. The maximum absolute atomic E-state index is 13.5. The lowest BCUT2D eigenvalue weighted by molar-refractivity contribution is -0.870. The van der Waals surface area contributed by atoms with Crippen LogP contribution in [0.25, 0.3) is 0 Å². The molecule has 0 saturated heterocycles. The number of amides is 1. The number of likely N-dealkylation sites (N-methyl/N-ethyl adjacent to an activating group) is 1. The highest BCUT2D eigenvalue weighted by Crippen LogP contribution is 2.38. The average Bonchev–Trinajstić information content (AvgIpc) is 3.42. The number of carbonyl (C=O) groups is 2. The highest BCUT2D eigenvalue weighted by Gasteiger charge is 2.27. The van der Waals surface area contributed by atoms with Crippen molar-refractivity contribution in [1.82, 2.24) is 5.32 Å². The van der Waals surface area contributed by atoms with Gasteiger partial charge in [-0.25, -0.2) is 0 Å². The summed E-state index contributed by atoms with van der Waals surface area (Å²) in [7, 11) is 1.14. The van der Waals surface area contributed by atoms with Gasteiger partial charge in [0.1, 0.15) is 19.3 Å². The van der Waals surface area contributed by atoms with Crippen LogP contribution in [0.15, 0.2) is 97.2 Å². The van der Waals surface area contributed by atoms with Crippen LogP contribution < -0.4 is 10.2 Å². The van der Waals surface area contributed by atoms with Gasteiger partial charge in [-0.2, -0.15) is 0 Å². The molecule has 1 N–H and O–H groups in total. The van der Waals surface area contributed by atoms with Gasteiger partial charge in [0.05, 0.1) is 33.8 Å². The zero-order valence-electron chi connectivity index (χ0n) is 52.8. The second-order valence-electron chi connectivity index (χ2n) is 23.2. The molecule has 0 aromatic carbocycles. The van der Waals surface area contributed by atoms with Gasteiger partial charge < -0.3 is 28.5 Å². The molecule has 0 heterocycles. The Bertz CT molecular complexity index is 1690. The van der Waals surface area contributed by atoms with E-state index in [0.717, 1.165) is 83.5 Å². The minimum atomic E-state index is -4.72. The minimum absolute atomic E-state index is 0.0362. The summed E-state index contributed by atoms with van der Waals surface area (Å²) in [5, 5.41) is 3.00. The molecule has 0 radical (unpaired) electrons. The molecule has 80 heavy (non-hydrogen) atoms. The van der Waals surface area contributed by atoms with Crippen molar-refractivity contribution >= 4 is 19.7 Å². The highest BCUT2D eigenvalue weighted by atomic mass is 31.2. The first-order chi connectivity index (χ1) is 38.9. The second-order valence-corrected chi connectivity index (χ2v) is 24.6. The van der Waals surface area contributed by atoms with Crippen LogP contribution in [0, 0.1) is 0 Å². The Kier molecular flexibility index (Phi) is 56.8. The summed E-state index contributed by atoms with van der Waals surface area (Å²) in [5.41, 5.74) is 0. The van der Waals surface area contributed by atoms with Crippen LogP contribution in [0.3, 0.4) is 0 Å². The van der Waals surface area contributed by atoms with E-state index < -0.39 is 26.6 Å². The molecule has 0 aliphatic heterocycles. The van der Waals surface area contributed by atoms with Gasteiger partial charge >= 0.3 is 5.97 Å². The number of ether oxygens (including phenoxy) is 1. The van der Waals surface area contributed by atoms with Crippen LogP contribution in [0.5, 0.6) is 0 Å². The fourth-order valence-electron chi connectivity index (χ4n) is 9.18. The van der Waals surface area contributed by atoms with Crippen molar-refractivity contribution in [2.24, 2.45) is 0 Å². The molecule has 1 amide bonds. The largest absolute Gasteiger partial charge is 0.756 e. The molecule has 10 heteroatoms. The number of carbonyl (C=O) groups excluding carboxylic acids is 2. The fraction of sp³-hybridized carbons (Fsp3) is 0.743. The number of allylic oxidation sites excluding steroid dienone is 15. The normalized spacial score (nSPS) is 14.2. The van der Waals surface area contributed by atoms with Crippen molar-refractivity contribution in [3.8, 4) is 0 Å². The molecule has 0 saturated carbocycles. The van der Waals surface area contributed by atoms with Gasteiger partial charge in [0.2, 0.25) is 5.91 Å². The molecule has 0 aromatic heterocycles. The molecular weight excluding hydrogens is 1010 g/mol. The number of quaternary nitrogens is 1. The van der Waals surface area contributed by atoms with Crippen LogP contribution in [0.2, 0.25) is 0 Å². The first-order valence-electron chi connectivity index (χ1n) is 33.0. The van der Waals surface area contributed by atoms with Crippen LogP contribution >= 0.6 is 7.82 Å². The maximum Gasteiger partial charge on any atom is 0.306 e. The number of phosphoric ester groups is 1. The Morgan fingerprint density at radius 3 is 1.25 bits per heavy atom. The van der Waals surface area contributed by atoms with Crippen molar-refractivity contribution in [3.63, 3.8) is 0 Å². The summed E-state index contributed by atoms with van der Waals surface area (Å²) in [5.74, 6) is -0.608. The Morgan fingerprint density at radius 2 is 0.812 bits per heavy atom. The van der Waals surface area contributed by atoms with E-state index in [1.807, 2.05) is 33.3 Å². The predicted octanol–water partition coefficient (Wildman–Crippen LogP) is 20.1. The number of nitrogens with zero attached hydrogens (tertiary/aromatic N) is 1. The van der Waals surface area contributed by atoms with Crippen molar-refractivity contribution in [1.29, 1.82) is 0 Å². The number of esters is 1. The van der Waals surface area contributed by atoms with Gasteiger partial charge in [-0.1, -0.05) is 266 Å². The lowest BCUT2D eigenvalue weighted by Crippen LogP contribution is -2.47. The van der Waals surface area contributed by atoms with E-state index in [-0.39, 0.29) is 31.3 Å². The van der Waals surface area contributed by atoms with Gasteiger partial charge in [0.25, 0.3) is 7.82 Å². The van der Waals surface area contributed by atoms with Crippen LogP contribution in [-0.2, 0) is 27.9 Å². The van der Waals surface area contributed by atoms with Gasteiger partial charge in [-0.15, -0.1) is 0 Å². The van der Waals surface area contributed by atoms with Gasteiger partial charge in [0, 0.05) is 12.8 Å². The van der Waals surface area contributed by atoms with E-state index in [0.29, 0.717) is 17.4 Å². The molecule has 0 bridgehead atoms. The first kappa shape index (κ1) is 76.9. The molecule has 0 aliphatic carbocycles. The predicted molar refractivity (Wildman–Crippen MR) is 344 cm³/mol. The SMILES string of the molecule is CC/C=C\C/C=C\C/C=C\C/C=C\C/C=C\CCCC(=O)NC(COP(=O)([O-])OCC[N+](C)(C)C)C(/C=C\CCCCCCCCCCCC)OC(=O)CCCCCCCCCCCCCCCCC/C=C\C/C=C\CCCCC. The topological polar surface area (TPSA) is 114 Å². The number of phosphoric acid groups is 1. The highest BCUT2D eigenvalue weighted by molar-refractivity contribution is 7.45. The van der Waals surface area contributed by atoms with Crippen molar-refractivity contribution in [3.05, 3.63) is 97.2 Å². The van der Waals surface area contributed by atoms with Crippen molar-refractivity contribution in [2.45, 2.75) is 296 Å². The van der Waals surface area contributed by atoms with Crippen LogP contribution in [-0.4, -0.2) is 69.4 Å². The Labute approximate surface area is 494 Å². The molecule has 3 unspecified atom stereocenters. The Morgan fingerprint density at radius 1 is 0.450 bits per heavy atom. The van der Waals surface area contributed by atoms with Gasteiger partial charge in [-0.3, -0.25) is 14.2 Å². The van der Waals surface area contributed by atoms with Crippen LogP contribution in [0.1, 0.15) is 284 Å². The zero-order chi connectivity index (χ0) is 58.6. The second kappa shape index (κ2) is 59.1. The number of nitrogens with one attached hydrogen (secondary N) is 1. The smallest absolute Gasteiger partial charge is 0.306 e. The maximum atomic E-state index is 13.5. The quantitative estimate of drug-likeness (QED) is 0.0212. The van der Waals surface area contributed by atoms with Crippen molar-refractivity contribution in [2.75, 3.05) is 40.9 Å². The van der Waals surface area contributed by atoms with Gasteiger partial charge in [0.15, 0.2) is 0 Å². The summed E-state index contributed by atoms with van der Waals surface area (Å²) in [4.78, 5) is 40.0. The zero-order valence-corrected chi connectivity index (χ0v) is 53.7. The fourth-order valence-corrected chi connectivity index (χ4v) is 9.90. The summed E-state index contributed by atoms with van der Waals surface area (Å²) < 4.78 is 30.3. The number of hydrogen-bond acceptors (Lipinski definition) is 7. The molecule has 0 fully saturated rings. The summed E-state index contributed by atoms with van der Waals surface area (Å²) in [6.45, 7) is 6.67. The average molecular weight is 1140 g/mol. The lowest BCUT2D eigenvalue weighted by Gasteiger charge is -2.30. The summed E-state index contributed by atoms with van der Waals surface area (Å²) >= 11 is 0. The van der Waals surface area contributed by atoms with Crippen molar-refractivity contribution < 1.29 is 37.3 Å². The third-order valence-electron chi connectivity index (χ3n) is 14.2. The van der Waals surface area contributed by atoms with Crippen LogP contribution in [0.4, 0.5) is 0 Å². The molecule has 3 atom stereocenters. The third kappa shape index (κ3) is 59.5. The summed E-state index contributed by atoms with van der Waals surface area (Å²) in [6.07, 6.45) is 79.7. The number of rotatable bonds is 59. The summed E-state index contributed by atoms with van der Waals surface area (Å²) in [6, 6.07) is -0.923. The van der Waals surface area contributed by atoms with E-state index in [1.54, 1.807) is 0 Å². The third-order valence-corrected chi connectivity index (χ3v) is 15.2. The van der Waals surface area contributed by atoms with E-state index in [4.69, 9.17) is 13.8 Å². The molecule has 0 rings (SSSR count). The molecule has 462 valence electrons. The molecule has 0 spiro atoms. The molecule has 0 aliphatic rings. The van der Waals surface area contributed by atoms with Gasteiger partial charge in [-0.05, 0) is 102 Å². The Hall–Kier alpha value is -3.07. The Balaban J connectivity index is 5.17. The van der Waals surface area contributed by atoms with E-state index in [1.165, 1.54) is 161 Å². The first-order valence-corrected chi connectivity index (χ1v) is 34.5. The van der Waals surface area contributed by atoms with E-state index in [9.17, 15) is 19.0 Å². The lowest BCUT2D eigenvalue weighted by atomic mass is 10.0. The molecule has 9 nitrogen and oxygen atoms in total. The number of unbranched alkanes of at least 4 members (excludes halogenated alkanes) is 29. The number of hydrogen-bond donors (Lipinski definition) is 1. The standard InChI is InChI=1S/C70H125N2O7P/c1-7-10-13-16-19-22-25-28-30-32-33-34-35-36-37-38-39-41-43-45-48-51-54-57-60-63-70(74)79-68(61-58-55-52-49-46-27-24-21-18-15-12-9-3)67(66-78-80(75,76)77-65-64-72(4,5)6)71-69(73)62-59-56-53-50-47-44-42-40-31-29-26-23-20-17-14-11-8-2/h11,14,19-20,22-23,28-31,42,44,50,53,58,61,67-68H,7-10,12-13,15-18,21,24-27,32-41,43,45-49,51-52,54-57,59-60,62-66H2,1-6H3,(H-,71,73,75,76)/b14-11-,22-19-,23-20-,30-28-,31-29-,44-42-,53-50-,61-58-. The van der Waals surface area contributed by atoms with E-state index in [2.05, 4.69) is 111 Å². The van der Waals surface area contributed by atoms with E-state index >= 15 is 0 Å². The monoisotopic (exact) mass is 1140 g/mol. The molecular formula is C70H125N2O7P. The molecule has 0 aromatic rings.